The molecule has 0 atom stereocenters. The van der Waals surface area contributed by atoms with Gasteiger partial charge in [0.15, 0.2) is 0 Å². The predicted octanol–water partition coefficient (Wildman–Crippen LogP) is 4.04. The van der Waals surface area contributed by atoms with E-state index < -0.39 is 0 Å². The number of hydrogen-bond donors (Lipinski definition) is 1. The second-order valence-corrected chi connectivity index (χ2v) is 5.47. The molecule has 1 aliphatic rings. The molecule has 0 spiro atoms. The lowest BCUT2D eigenvalue weighted by Crippen LogP contribution is -2.16. The molecule has 2 nitrogen and oxygen atoms in total. The Morgan fingerprint density at radius 3 is 2.53 bits per heavy atom. The molecule has 1 saturated carbocycles. The van der Waals surface area contributed by atoms with Gasteiger partial charge in [-0.3, -0.25) is 0 Å². The Bertz CT molecular complexity index is 357. The fourth-order valence-electron chi connectivity index (χ4n) is 2.34. The Morgan fingerprint density at radius 2 is 1.88 bits per heavy atom. The van der Waals surface area contributed by atoms with Gasteiger partial charge in [-0.25, -0.2) is 0 Å². The maximum absolute atomic E-state index is 9.33. The van der Waals surface area contributed by atoms with Crippen LogP contribution in [0.4, 0.5) is 0 Å². The monoisotopic (exact) mass is 298 g/mol. The summed E-state index contributed by atoms with van der Waals surface area (Å²) in [5, 5.41) is 9.33. The number of aliphatic hydroxyl groups is 1. The highest BCUT2D eigenvalue weighted by Gasteiger charge is 2.16. The van der Waals surface area contributed by atoms with Crippen molar-refractivity contribution in [3.63, 3.8) is 0 Å². The molecule has 3 heteroatoms. The zero-order valence-corrected chi connectivity index (χ0v) is 11.6. The summed E-state index contributed by atoms with van der Waals surface area (Å²) >= 11 is 3.50. The molecule has 1 aromatic carbocycles. The highest BCUT2D eigenvalue weighted by Crippen LogP contribution is 2.32. The summed E-state index contributed by atoms with van der Waals surface area (Å²) in [5.74, 6) is 0.821. The molecule has 0 amide bonds. The van der Waals surface area contributed by atoms with Crippen LogP contribution in [-0.2, 0) is 6.61 Å². The van der Waals surface area contributed by atoms with Crippen LogP contribution in [0.2, 0.25) is 0 Å². The van der Waals surface area contributed by atoms with Crippen LogP contribution < -0.4 is 4.74 Å². The SMILES string of the molecule is OCc1cccc(Br)c1OC1CCCCCC1. The molecule has 0 heterocycles. The summed E-state index contributed by atoms with van der Waals surface area (Å²) in [4.78, 5) is 0. The molecule has 0 aromatic heterocycles. The molecule has 17 heavy (non-hydrogen) atoms. The van der Waals surface area contributed by atoms with E-state index in [-0.39, 0.29) is 6.61 Å². The van der Waals surface area contributed by atoms with Crippen molar-refractivity contribution >= 4 is 15.9 Å². The fraction of sp³-hybridized carbons (Fsp3) is 0.571. The first-order chi connectivity index (χ1) is 8.31. The van der Waals surface area contributed by atoms with Crippen LogP contribution in [0.25, 0.3) is 0 Å². The van der Waals surface area contributed by atoms with Crippen LogP contribution in [-0.4, -0.2) is 11.2 Å². The van der Waals surface area contributed by atoms with Gasteiger partial charge in [0.1, 0.15) is 5.75 Å². The molecular weight excluding hydrogens is 280 g/mol. The molecule has 0 saturated heterocycles. The summed E-state index contributed by atoms with van der Waals surface area (Å²) < 4.78 is 7.02. The molecule has 1 aromatic rings. The van der Waals surface area contributed by atoms with E-state index in [2.05, 4.69) is 15.9 Å². The average Bonchev–Trinajstić information content (AvgIpc) is 2.60. The van der Waals surface area contributed by atoms with Crippen molar-refractivity contribution in [2.75, 3.05) is 0 Å². The predicted molar refractivity (Wildman–Crippen MR) is 72.2 cm³/mol. The smallest absolute Gasteiger partial charge is 0.139 e. The lowest BCUT2D eigenvalue weighted by molar-refractivity contribution is 0.175. The molecule has 94 valence electrons. The van der Waals surface area contributed by atoms with Gasteiger partial charge < -0.3 is 9.84 Å². The normalized spacial score (nSPS) is 17.8. The summed E-state index contributed by atoms with van der Waals surface area (Å²) in [5.41, 5.74) is 0.864. The topological polar surface area (TPSA) is 29.5 Å². The van der Waals surface area contributed by atoms with Crippen molar-refractivity contribution in [3.8, 4) is 5.75 Å². The summed E-state index contributed by atoms with van der Waals surface area (Å²) in [6.45, 7) is 0.0293. The van der Waals surface area contributed by atoms with Gasteiger partial charge in [-0.1, -0.05) is 25.0 Å². The lowest BCUT2D eigenvalue weighted by Gasteiger charge is -2.20. The van der Waals surface area contributed by atoms with Crippen LogP contribution in [0, 0.1) is 0 Å². The molecular formula is C14H19BrO2. The minimum absolute atomic E-state index is 0.0293. The fourth-order valence-corrected chi connectivity index (χ4v) is 2.84. The third-order valence-electron chi connectivity index (χ3n) is 3.31. The van der Waals surface area contributed by atoms with Gasteiger partial charge in [0, 0.05) is 5.56 Å². The second-order valence-electron chi connectivity index (χ2n) is 4.62. The van der Waals surface area contributed by atoms with E-state index in [1.165, 1.54) is 25.7 Å². The highest BCUT2D eigenvalue weighted by molar-refractivity contribution is 9.10. The quantitative estimate of drug-likeness (QED) is 0.853. The van der Waals surface area contributed by atoms with Crippen LogP contribution in [0.3, 0.4) is 0 Å². The van der Waals surface area contributed by atoms with E-state index in [0.717, 1.165) is 28.6 Å². The minimum Gasteiger partial charge on any atom is -0.489 e. The third kappa shape index (κ3) is 3.46. The maximum Gasteiger partial charge on any atom is 0.139 e. The molecule has 1 fully saturated rings. The molecule has 2 rings (SSSR count). The number of benzene rings is 1. The van der Waals surface area contributed by atoms with Gasteiger partial charge in [0.05, 0.1) is 17.2 Å². The summed E-state index contributed by atoms with van der Waals surface area (Å²) in [6.07, 6.45) is 7.72. The number of aliphatic hydroxyl groups excluding tert-OH is 1. The molecule has 0 bridgehead atoms. The van der Waals surface area contributed by atoms with Crippen LogP contribution in [0.1, 0.15) is 44.1 Å². The van der Waals surface area contributed by atoms with E-state index >= 15 is 0 Å². The van der Waals surface area contributed by atoms with Gasteiger partial charge in [-0.05, 0) is 47.7 Å². The van der Waals surface area contributed by atoms with Crippen molar-refractivity contribution in [2.45, 2.75) is 51.2 Å². The largest absolute Gasteiger partial charge is 0.489 e. The van der Waals surface area contributed by atoms with Crippen molar-refractivity contribution in [1.82, 2.24) is 0 Å². The van der Waals surface area contributed by atoms with E-state index in [4.69, 9.17) is 4.74 Å². The standard InChI is InChI=1S/C14H19BrO2/c15-13-9-5-6-11(10-16)14(13)17-12-7-3-1-2-4-8-12/h5-6,9,12,16H,1-4,7-8,10H2. The first kappa shape index (κ1) is 12.9. The third-order valence-corrected chi connectivity index (χ3v) is 3.93. The Labute approximate surface area is 111 Å². The van der Waals surface area contributed by atoms with Crippen molar-refractivity contribution < 1.29 is 9.84 Å². The molecule has 1 aliphatic carbocycles. The Hall–Kier alpha value is -0.540. The van der Waals surface area contributed by atoms with Crippen molar-refractivity contribution in [3.05, 3.63) is 28.2 Å². The number of halogens is 1. The van der Waals surface area contributed by atoms with Crippen LogP contribution in [0.15, 0.2) is 22.7 Å². The Kier molecular flexibility index (Phi) is 4.86. The molecule has 0 aliphatic heterocycles. The summed E-state index contributed by atoms with van der Waals surface area (Å²) in [7, 11) is 0. The summed E-state index contributed by atoms with van der Waals surface area (Å²) in [6, 6.07) is 5.80. The lowest BCUT2D eigenvalue weighted by atomic mass is 10.1. The average molecular weight is 299 g/mol. The van der Waals surface area contributed by atoms with Gasteiger partial charge in [-0.2, -0.15) is 0 Å². The van der Waals surface area contributed by atoms with E-state index in [1.54, 1.807) is 0 Å². The maximum atomic E-state index is 9.33. The zero-order chi connectivity index (χ0) is 12.1. The van der Waals surface area contributed by atoms with Crippen LogP contribution in [0.5, 0.6) is 5.75 Å². The first-order valence-electron chi connectivity index (χ1n) is 6.36. The van der Waals surface area contributed by atoms with Gasteiger partial charge in [-0.15, -0.1) is 0 Å². The van der Waals surface area contributed by atoms with Gasteiger partial charge in [0.25, 0.3) is 0 Å². The van der Waals surface area contributed by atoms with Crippen LogP contribution >= 0.6 is 15.9 Å². The van der Waals surface area contributed by atoms with Crippen molar-refractivity contribution in [2.24, 2.45) is 0 Å². The van der Waals surface area contributed by atoms with Gasteiger partial charge in [0.2, 0.25) is 0 Å². The Balaban J connectivity index is 2.11. The number of para-hydroxylation sites is 1. The van der Waals surface area contributed by atoms with Crippen molar-refractivity contribution in [1.29, 1.82) is 0 Å². The molecule has 1 N–H and O–H groups in total. The Morgan fingerprint density at radius 1 is 1.18 bits per heavy atom. The van der Waals surface area contributed by atoms with E-state index in [1.807, 2.05) is 18.2 Å². The minimum atomic E-state index is 0.0293. The first-order valence-corrected chi connectivity index (χ1v) is 7.15. The molecule has 0 unspecified atom stereocenters. The number of rotatable bonds is 3. The van der Waals surface area contributed by atoms with Gasteiger partial charge >= 0.3 is 0 Å². The van der Waals surface area contributed by atoms with E-state index in [0.29, 0.717) is 6.10 Å². The number of hydrogen-bond acceptors (Lipinski definition) is 2. The second kappa shape index (κ2) is 6.41. The number of ether oxygens (including phenoxy) is 1. The highest BCUT2D eigenvalue weighted by atomic mass is 79.9. The molecule has 0 radical (unpaired) electrons. The zero-order valence-electron chi connectivity index (χ0n) is 9.99. The van der Waals surface area contributed by atoms with E-state index in [9.17, 15) is 5.11 Å².